The molecule has 1 saturated heterocycles. The highest BCUT2D eigenvalue weighted by atomic mass is 32.2. The van der Waals surface area contributed by atoms with Crippen LogP contribution in [-0.2, 0) is 10.0 Å². The fraction of sp³-hybridized carbons (Fsp3) is 0.538. The van der Waals surface area contributed by atoms with E-state index in [1.165, 1.54) is 4.31 Å². The summed E-state index contributed by atoms with van der Waals surface area (Å²) in [4.78, 5) is -0.339. The Bertz CT molecular complexity index is 562. The van der Waals surface area contributed by atoms with Crippen molar-refractivity contribution in [1.29, 1.82) is 0 Å². The maximum Gasteiger partial charge on any atom is 0.243 e. The van der Waals surface area contributed by atoms with Gasteiger partial charge in [-0.25, -0.2) is 17.2 Å². The maximum absolute atomic E-state index is 13.2. The Morgan fingerprint density at radius 3 is 2.15 bits per heavy atom. The summed E-state index contributed by atoms with van der Waals surface area (Å²) in [5.41, 5.74) is 5.81. The van der Waals surface area contributed by atoms with Crippen LogP contribution in [0, 0.1) is 17.6 Å². The molecule has 0 bridgehead atoms. The molecule has 7 heteroatoms. The zero-order valence-corrected chi connectivity index (χ0v) is 12.0. The van der Waals surface area contributed by atoms with Gasteiger partial charge in [-0.05, 0) is 37.8 Å². The second kappa shape index (κ2) is 5.75. The zero-order chi connectivity index (χ0) is 14.9. The molecular formula is C13H18F2N2O2S. The van der Waals surface area contributed by atoms with E-state index in [-0.39, 0.29) is 16.9 Å². The van der Waals surface area contributed by atoms with Gasteiger partial charge in [0.1, 0.15) is 11.6 Å². The molecule has 1 aliphatic rings. The van der Waals surface area contributed by atoms with Crippen LogP contribution in [0.4, 0.5) is 8.78 Å². The summed E-state index contributed by atoms with van der Waals surface area (Å²) < 4.78 is 52.2. The van der Waals surface area contributed by atoms with Gasteiger partial charge in [-0.1, -0.05) is 0 Å². The number of piperidine rings is 1. The minimum Gasteiger partial charge on any atom is -0.328 e. The van der Waals surface area contributed by atoms with Crippen molar-refractivity contribution in [3.63, 3.8) is 0 Å². The molecule has 0 spiro atoms. The van der Waals surface area contributed by atoms with Gasteiger partial charge >= 0.3 is 0 Å². The molecule has 1 heterocycles. The molecule has 4 nitrogen and oxygen atoms in total. The molecule has 1 aromatic carbocycles. The van der Waals surface area contributed by atoms with Crippen LogP contribution in [0.1, 0.15) is 19.8 Å². The molecule has 2 N–H and O–H groups in total. The summed E-state index contributed by atoms with van der Waals surface area (Å²) >= 11 is 0. The number of halogens is 2. The standard InChI is InChI=1S/C13H18F2N2O2S/c1-9(16)10-2-4-17(5-3-10)20(18,19)13-7-11(14)6-12(15)8-13/h6-10H,2-5,16H2,1H3. The van der Waals surface area contributed by atoms with Crippen LogP contribution in [0.25, 0.3) is 0 Å². The average molecular weight is 304 g/mol. The van der Waals surface area contributed by atoms with Crippen molar-refractivity contribution in [2.24, 2.45) is 11.7 Å². The molecule has 1 aliphatic heterocycles. The van der Waals surface area contributed by atoms with E-state index in [1.807, 2.05) is 6.92 Å². The number of benzene rings is 1. The van der Waals surface area contributed by atoms with E-state index in [0.29, 0.717) is 32.0 Å². The van der Waals surface area contributed by atoms with Gasteiger partial charge in [-0.3, -0.25) is 0 Å². The largest absolute Gasteiger partial charge is 0.328 e. The van der Waals surface area contributed by atoms with Crippen molar-refractivity contribution < 1.29 is 17.2 Å². The SMILES string of the molecule is CC(N)C1CCN(S(=O)(=O)c2cc(F)cc(F)c2)CC1. The zero-order valence-electron chi connectivity index (χ0n) is 11.2. The van der Waals surface area contributed by atoms with Crippen LogP contribution >= 0.6 is 0 Å². The molecule has 1 unspecified atom stereocenters. The Labute approximate surface area is 117 Å². The van der Waals surface area contributed by atoms with E-state index in [9.17, 15) is 17.2 Å². The third kappa shape index (κ3) is 3.16. The summed E-state index contributed by atoms with van der Waals surface area (Å²) in [5.74, 6) is -1.51. The summed E-state index contributed by atoms with van der Waals surface area (Å²) in [6.07, 6.45) is 1.32. The van der Waals surface area contributed by atoms with Crippen molar-refractivity contribution in [3.05, 3.63) is 29.8 Å². The molecular weight excluding hydrogens is 286 g/mol. The molecule has 1 aromatic rings. The van der Waals surface area contributed by atoms with Crippen molar-refractivity contribution in [1.82, 2.24) is 4.31 Å². The lowest BCUT2D eigenvalue weighted by Crippen LogP contribution is -2.42. The van der Waals surface area contributed by atoms with Crippen molar-refractivity contribution in [2.45, 2.75) is 30.7 Å². The van der Waals surface area contributed by atoms with Gasteiger partial charge in [-0.15, -0.1) is 0 Å². The second-order valence-corrected chi connectivity index (χ2v) is 7.14. The quantitative estimate of drug-likeness (QED) is 0.924. The van der Waals surface area contributed by atoms with Crippen molar-refractivity contribution in [2.75, 3.05) is 13.1 Å². The maximum atomic E-state index is 13.2. The summed E-state index contributed by atoms with van der Waals surface area (Å²) in [6.45, 7) is 2.55. The molecule has 2 rings (SSSR count). The van der Waals surface area contributed by atoms with E-state index in [0.717, 1.165) is 12.1 Å². The van der Waals surface area contributed by atoms with Crippen LogP contribution in [0.5, 0.6) is 0 Å². The number of nitrogens with zero attached hydrogens (tertiary/aromatic N) is 1. The monoisotopic (exact) mass is 304 g/mol. The molecule has 20 heavy (non-hydrogen) atoms. The Balaban J connectivity index is 2.19. The molecule has 0 saturated carbocycles. The lowest BCUT2D eigenvalue weighted by molar-refractivity contribution is 0.250. The Kier molecular flexibility index (Phi) is 4.41. The third-order valence-corrected chi connectivity index (χ3v) is 5.59. The lowest BCUT2D eigenvalue weighted by atomic mass is 9.92. The van der Waals surface area contributed by atoms with Gasteiger partial charge in [0, 0.05) is 25.2 Å². The fourth-order valence-corrected chi connectivity index (χ4v) is 3.98. The summed E-state index contributed by atoms with van der Waals surface area (Å²) in [6, 6.07) is 2.36. The Morgan fingerprint density at radius 2 is 1.70 bits per heavy atom. The van der Waals surface area contributed by atoms with Crippen molar-refractivity contribution in [3.8, 4) is 0 Å². The first-order valence-corrected chi connectivity index (χ1v) is 7.96. The normalized spacial score (nSPS) is 20.0. The average Bonchev–Trinajstić information content (AvgIpc) is 2.37. The highest BCUT2D eigenvalue weighted by Crippen LogP contribution is 2.25. The predicted octanol–water partition coefficient (Wildman–Crippen LogP) is 1.71. The van der Waals surface area contributed by atoms with Gasteiger partial charge in [-0.2, -0.15) is 4.31 Å². The molecule has 1 atom stereocenters. The van der Waals surface area contributed by atoms with E-state index in [2.05, 4.69) is 0 Å². The molecule has 0 aromatic heterocycles. The fourth-order valence-electron chi connectivity index (χ4n) is 2.47. The number of hydrogen-bond acceptors (Lipinski definition) is 3. The van der Waals surface area contributed by atoms with Crippen molar-refractivity contribution >= 4 is 10.0 Å². The van der Waals surface area contributed by atoms with Gasteiger partial charge in [0.2, 0.25) is 10.0 Å². The topological polar surface area (TPSA) is 63.4 Å². The highest BCUT2D eigenvalue weighted by molar-refractivity contribution is 7.89. The minimum atomic E-state index is -3.84. The van der Waals surface area contributed by atoms with E-state index >= 15 is 0 Å². The predicted molar refractivity (Wildman–Crippen MR) is 71.5 cm³/mol. The molecule has 0 aliphatic carbocycles. The second-order valence-electron chi connectivity index (χ2n) is 5.21. The van der Waals surface area contributed by atoms with Gasteiger partial charge in [0.05, 0.1) is 4.90 Å². The first-order chi connectivity index (χ1) is 9.30. The molecule has 112 valence electrons. The summed E-state index contributed by atoms with van der Waals surface area (Å²) in [7, 11) is -3.84. The smallest absolute Gasteiger partial charge is 0.243 e. The Morgan fingerprint density at radius 1 is 1.20 bits per heavy atom. The first-order valence-electron chi connectivity index (χ1n) is 6.52. The van der Waals surface area contributed by atoms with E-state index in [1.54, 1.807) is 0 Å². The molecule has 1 fully saturated rings. The lowest BCUT2D eigenvalue weighted by Gasteiger charge is -2.32. The van der Waals surface area contributed by atoms with Crippen LogP contribution < -0.4 is 5.73 Å². The van der Waals surface area contributed by atoms with Crippen LogP contribution in [0.15, 0.2) is 23.1 Å². The molecule has 0 radical (unpaired) electrons. The molecule has 0 amide bonds. The third-order valence-electron chi connectivity index (χ3n) is 3.72. The van der Waals surface area contributed by atoms with Gasteiger partial charge < -0.3 is 5.73 Å². The van der Waals surface area contributed by atoms with Crippen LogP contribution in [0.3, 0.4) is 0 Å². The first kappa shape index (κ1) is 15.3. The number of hydrogen-bond donors (Lipinski definition) is 1. The number of sulfonamides is 1. The number of rotatable bonds is 3. The van der Waals surface area contributed by atoms with Crippen LogP contribution in [0.2, 0.25) is 0 Å². The minimum absolute atomic E-state index is 0.0199. The van der Waals surface area contributed by atoms with Gasteiger partial charge in [0.25, 0.3) is 0 Å². The van der Waals surface area contributed by atoms with Crippen LogP contribution in [-0.4, -0.2) is 31.9 Å². The van der Waals surface area contributed by atoms with E-state index in [4.69, 9.17) is 5.73 Å². The Hall–Kier alpha value is -1.05. The summed E-state index contributed by atoms with van der Waals surface area (Å²) in [5, 5.41) is 0. The van der Waals surface area contributed by atoms with Gasteiger partial charge in [0.15, 0.2) is 0 Å². The van der Waals surface area contributed by atoms with E-state index < -0.39 is 21.7 Å². The highest BCUT2D eigenvalue weighted by Gasteiger charge is 2.31. The number of nitrogens with two attached hydrogens (primary N) is 1.